The molecular formula is C14H14N2O2. The predicted molar refractivity (Wildman–Crippen MR) is 69.4 cm³/mol. The van der Waals surface area contributed by atoms with Crippen LogP contribution in [0.1, 0.15) is 21.6 Å². The van der Waals surface area contributed by atoms with Gasteiger partial charge in [-0.1, -0.05) is 42.5 Å². The molecule has 0 unspecified atom stereocenters. The van der Waals surface area contributed by atoms with Crippen molar-refractivity contribution in [1.29, 1.82) is 0 Å². The quantitative estimate of drug-likeness (QED) is 0.896. The number of benzene rings is 1. The summed E-state index contributed by atoms with van der Waals surface area (Å²) in [7, 11) is 0. The number of carboxylic acid groups (broad SMARTS) is 1. The summed E-state index contributed by atoms with van der Waals surface area (Å²) in [5.74, 6) is -0.939. The highest BCUT2D eigenvalue weighted by molar-refractivity contribution is 5.88. The van der Waals surface area contributed by atoms with E-state index in [0.717, 1.165) is 5.56 Å². The monoisotopic (exact) mass is 242 g/mol. The minimum absolute atomic E-state index is 0.253. The van der Waals surface area contributed by atoms with E-state index in [0.29, 0.717) is 12.2 Å². The van der Waals surface area contributed by atoms with Crippen LogP contribution >= 0.6 is 0 Å². The average Bonchev–Trinajstić information content (AvgIpc) is 2.73. The zero-order valence-corrected chi connectivity index (χ0v) is 10.1. The molecule has 0 saturated carbocycles. The Labute approximate surface area is 105 Å². The number of nitrogens with zero attached hydrogens (tertiary/aromatic N) is 2. The Bertz CT molecular complexity index is 571. The number of carboxylic acids is 1. The van der Waals surface area contributed by atoms with Crippen LogP contribution < -0.4 is 0 Å². The predicted octanol–water partition coefficient (Wildman–Crippen LogP) is 2.60. The average molecular weight is 242 g/mol. The Balaban J connectivity index is 2.07. The van der Waals surface area contributed by atoms with Crippen molar-refractivity contribution in [2.75, 3.05) is 0 Å². The maximum Gasteiger partial charge on any atom is 0.339 e. The molecule has 0 aliphatic carbocycles. The van der Waals surface area contributed by atoms with Crippen LogP contribution in [0, 0.1) is 6.92 Å². The molecule has 0 radical (unpaired) electrons. The lowest BCUT2D eigenvalue weighted by atomic mass is 10.2. The molecule has 0 fully saturated rings. The fraction of sp³-hybridized carbons (Fsp3) is 0.143. The van der Waals surface area contributed by atoms with Crippen molar-refractivity contribution >= 4 is 12.0 Å². The molecule has 0 aliphatic rings. The summed E-state index contributed by atoms with van der Waals surface area (Å²) in [6.45, 7) is 2.32. The van der Waals surface area contributed by atoms with Crippen molar-refractivity contribution in [2.45, 2.75) is 13.5 Å². The Morgan fingerprint density at radius 1 is 1.39 bits per heavy atom. The van der Waals surface area contributed by atoms with Gasteiger partial charge in [-0.05, 0) is 12.5 Å². The highest BCUT2D eigenvalue weighted by Gasteiger charge is 2.11. The van der Waals surface area contributed by atoms with Crippen LogP contribution in [0.15, 0.2) is 42.6 Å². The molecule has 1 heterocycles. The van der Waals surface area contributed by atoms with Gasteiger partial charge in [0.25, 0.3) is 0 Å². The molecule has 1 N–H and O–H groups in total. The van der Waals surface area contributed by atoms with Crippen molar-refractivity contribution in [2.24, 2.45) is 0 Å². The Hall–Kier alpha value is -2.36. The van der Waals surface area contributed by atoms with E-state index in [1.807, 2.05) is 42.5 Å². The Morgan fingerprint density at radius 2 is 2.11 bits per heavy atom. The lowest BCUT2D eigenvalue weighted by Gasteiger charge is -2.00. The summed E-state index contributed by atoms with van der Waals surface area (Å²) >= 11 is 0. The van der Waals surface area contributed by atoms with E-state index in [2.05, 4.69) is 5.10 Å². The van der Waals surface area contributed by atoms with Crippen molar-refractivity contribution in [3.63, 3.8) is 0 Å². The summed E-state index contributed by atoms with van der Waals surface area (Å²) in [5, 5.41) is 13.0. The number of hydrogen-bond acceptors (Lipinski definition) is 2. The van der Waals surface area contributed by atoms with Gasteiger partial charge in [-0.15, -0.1) is 0 Å². The molecule has 4 heteroatoms. The van der Waals surface area contributed by atoms with Gasteiger partial charge < -0.3 is 5.11 Å². The first-order chi connectivity index (χ1) is 8.68. The van der Waals surface area contributed by atoms with Crippen LogP contribution in [0.25, 0.3) is 6.08 Å². The van der Waals surface area contributed by atoms with Crippen LogP contribution in [-0.2, 0) is 6.54 Å². The number of aromatic nitrogens is 2. The third kappa shape index (κ3) is 2.66. The second kappa shape index (κ2) is 5.31. The molecule has 1 aromatic heterocycles. The first kappa shape index (κ1) is 12.1. The van der Waals surface area contributed by atoms with E-state index in [1.54, 1.807) is 11.6 Å². The molecule has 2 aromatic rings. The standard InChI is InChI=1S/C14H14N2O2/c1-11-13(14(17)18)10-15-16(11)9-5-8-12-6-3-2-4-7-12/h2-8,10H,9H2,1H3,(H,17,18). The highest BCUT2D eigenvalue weighted by atomic mass is 16.4. The molecule has 0 aliphatic heterocycles. The van der Waals surface area contributed by atoms with Crippen LogP contribution in [0.4, 0.5) is 0 Å². The SMILES string of the molecule is Cc1c(C(=O)O)cnn1CC=Cc1ccccc1. The Morgan fingerprint density at radius 3 is 2.72 bits per heavy atom. The van der Waals surface area contributed by atoms with Crippen molar-refractivity contribution < 1.29 is 9.90 Å². The second-order valence-electron chi connectivity index (χ2n) is 3.94. The van der Waals surface area contributed by atoms with E-state index in [9.17, 15) is 4.79 Å². The van der Waals surface area contributed by atoms with Crippen LogP contribution in [-0.4, -0.2) is 20.9 Å². The minimum Gasteiger partial charge on any atom is -0.478 e. The highest BCUT2D eigenvalue weighted by Crippen LogP contribution is 2.08. The summed E-state index contributed by atoms with van der Waals surface area (Å²) in [6.07, 6.45) is 5.33. The molecule has 0 spiro atoms. The van der Waals surface area contributed by atoms with Gasteiger partial charge in [0, 0.05) is 0 Å². The van der Waals surface area contributed by atoms with Gasteiger partial charge in [0.1, 0.15) is 5.56 Å². The van der Waals surface area contributed by atoms with Crippen LogP contribution in [0.3, 0.4) is 0 Å². The second-order valence-corrected chi connectivity index (χ2v) is 3.94. The van der Waals surface area contributed by atoms with Gasteiger partial charge in [0.15, 0.2) is 0 Å². The number of allylic oxidation sites excluding steroid dienone is 1. The molecule has 18 heavy (non-hydrogen) atoms. The molecule has 4 nitrogen and oxygen atoms in total. The number of aromatic carboxylic acids is 1. The molecular weight excluding hydrogens is 228 g/mol. The summed E-state index contributed by atoms with van der Waals surface area (Å²) in [4.78, 5) is 10.9. The third-order valence-corrected chi connectivity index (χ3v) is 2.72. The topological polar surface area (TPSA) is 55.1 Å². The summed E-state index contributed by atoms with van der Waals surface area (Å²) < 4.78 is 1.67. The van der Waals surface area contributed by atoms with Crippen LogP contribution in [0.2, 0.25) is 0 Å². The molecule has 0 amide bonds. The van der Waals surface area contributed by atoms with Gasteiger partial charge in [0.05, 0.1) is 18.4 Å². The fourth-order valence-corrected chi connectivity index (χ4v) is 1.69. The zero-order valence-electron chi connectivity index (χ0n) is 10.1. The van der Waals surface area contributed by atoms with Crippen molar-refractivity contribution in [1.82, 2.24) is 9.78 Å². The lowest BCUT2D eigenvalue weighted by Crippen LogP contribution is -2.03. The zero-order chi connectivity index (χ0) is 13.0. The van der Waals surface area contributed by atoms with Gasteiger partial charge in [-0.25, -0.2) is 4.79 Å². The number of rotatable bonds is 4. The third-order valence-electron chi connectivity index (χ3n) is 2.72. The van der Waals surface area contributed by atoms with E-state index in [4.69, 9.17) is 5.11 Å². The smallest absolute Gasteiger partial charge is 0.339 e. The molecule has 0 atom stereocenters. The summed E-state index contributed by atoms with van der Waals surface area (Å²) in [5.41, 5.74) is 2.03. The van der Waals surface area contributed by atoms with Gasteiger partial charge in [0.2, 0.25) is 0 Å². The number of carbonyl (C=O) groups is 1. The lowest BCUT2D eigenvalue weighted by molar-refractivity contribution is 0.0696. The molecule has 1 aromatic carbocycles. The van der Waals surface area contributed by atoms with Gasteiger partial charge in [-0.3, -0.25) is 4.68 Å². The van der Waals surface area contributed by atoms with E-state index < -0.39 is 5.97 Å². The molecule has 0 bridgehead atoms. The fourth-order valence-electron chi connectivity index (χ4n) is 1.69. The largest absolute Gasteiger partial charge is 0.478 e. The summed E-state index contributed by atoms with van der Waals surface area (Å²) in [6, 6.07) is 9.93. The maximum atomic E-state index is 10.9. The number of hydrogen-bond donors (Lipinski definition) is 1. The van der Waals surface area contributed by atoms with Crippen molar-refractivity contribution in [3.8, 4) is 0 Å². The van der Waals surface area contributed by atoms with Gasteiger partial charge in [-0.2, -0.15) is 5.10 Å². The van der Waals surface area contributed by atoms with E-state index >= 15 is 0 Å². The first-order valence-electron chi connectivity index (χ1n) is 5.66. The molecule has 2 rings (SSSR count). The van der Waals surface area contributed by atoms with E-state index in [1.165, 1.54) is 6.20 Å². The minimum atomic E-state index is -0.939. The molecule has 0 saturated heterocycles. The Kier molecular flexibility index (Phi) is 3.57. The van der Waals surface area contributed by atoms with Crippen molar-refractivity contribution in [3.05, 3.63) is 59.4 Å². The first-order valence-corrected chi connectivity index (χ1v) is 5.66. The normalized spacial score (nSPS) is 10.9. The van der Waals surface area contributed by atoms with Crippen LogP contribution in [0.5, 0.6) is 0 Å². The van der Waals surface area contributed by atoms with E-state index in [-0.39, 0.29) is 5.56 Å². The van der Waals surface area contributed by atoms with Gasteiger partial charge >= 0.3 is 5.97 Å². The maximum absolute atomic E-state index is 10.9. The molecule has 92 valence electrons.